The summed E-state index contributed by atoms with van der Waals surface area (Å²) in [4.78, 5) is 13.9. The highest BCUT2D eigenvalue weighted by atomic mass is 32.1. The zero-order valence-corrected chi connectivity index (χ0v) is 13.9. The van der Waals surface area contributed by atoms with E-state index in [1.54, 1.807) is 24.5 Å². The highest BCUT2D eigenvalue weighted by Crippen LogP contribution is 2.33. The van der Waals surface area contributed by atoms with E-state index < -0.39 is 6.10 Å². The van der Waals surface area contributed by atoms with Gasteiger partial charge >= 0.3 is 0 Å². The standard InChI is InChI=1S/C18H15NO5S/c20-12(16-5-6-17(25-16)14-2-1-7-22-14)9-19-18(21)11-3-4-13-15(8-11)24-10-23-13/h1-8,12,20H,9-10H2,(H,19,21). The van der Waals surface area contributed by atoms with Crippen molar-refractivity contribution in [1.82, 2.24) is 5.32 Å². The Kier molecular flexibility index (Phi) is 4.17. The van der Waals surface area contributed by atoms with Gasteiger partial charge in [0, 0.05) is 17.0 Å². The molecule has 0 saturated heterocycles. The summed E-state index contributed by atoms with van der Waals surface area (Å²) in [7, 11) is 0. The minimum atomic E-state index is -0.785. The van der Waals surface area contributed by atoms with Crippen LogP contribution in [0.25, 0.3) is 10.6 Å². The number of ether oxygens (including phenoxy) is 2. The van der Waals surface area contributed by atoms with E-state index in [9.17, 15) is 9.90 Å². The van der Waals surface area contributed by atoms with Gasteiger partial charge in [0.2, 0.25) is 6.79 Å². The van der Waals surface area contributed by atoms with Crippen LogP contribution in [-0.2, 0) is 0 Å². The highest BCUT2D eigenvalue weighted by molar-refractivity contribution is 7.15. The molecule has 3 heterocycles. The van der Waals surface area contributed by atoms with Crippen molar-refractivity contribution < 1.29 is 23.8 Å². The Balaban J connectivity index is 1.38. The van der Waals surface area contributed by atoms with Crippen molar-refractivity contribution in [2.75, 3.05) is 13.3 Å². The number of rotatable bonds is 5. The summed E-state index contributed by atoms with van der Waals surface area (Å²) in [5.74, 6) is 1.66. The summed E-state index contributed by atoms with van der Waals surface area (Å²) in [6, 6.07) is 12.4. The number of furan rings is 1. The van der Waals surface area contributed by atoms with Crippen LogP contribution in [0.3, 0.4) is 0 Å². The number of fused-ring (bicyclic) bond motifs is 1. The molecular weight excluding hydrogens is 342 g/mol. The smallest absolute Gasteiger partial charge is 0.251 e. The van der Waals surface area contributed by atoms with Gasteiger partial charge in [-0.15, -0.1) is 11.3 Å². The predicted molar refractivity (Wildman–Crippen MR) is 91.9 cm³/mol. The second kappa shape index (κ2) is 6.62. The number of thiophene rings is 1. The second-order valence-electron chi connectivity index (χ2n) is 5.47. The quantitative estimate of drug-likeness (QED) is 0.733. The predicted octanol–water partition coefficient (Wildman–Crippen LogP) is 3.20. The minimum Gasteiger partial charge on any atom is -0.464 e. The maximum atomic E-state index is 12.2. The zero-order valence-electron chi connectivity index (χ0n) is 13.1. The number of benzene rings is 1. The van der Waals surface area contributed by atoms with Gasteiger partial charge < -0.3 is 24.3 Å². The third-order valence-electron chi connectivity index (χ3n) is 3.81. The van der Waals surface area contributed by atoms with Crippen LogP contribution in [0.4, 0.5) is 0 Å². The molecule has 1 amide bonds. The molecule has 2 N–H and O–H groups in total. The molecule has 0 saturated carbocycles. The molecule has 7 heteroatoms. The monoisotopic (exact) mass is 357 g/mol. The summed E-state index contributed by atoms with van der Waals surface area (Å²) in [6.45, 7) is 0.279. The van der Waals surface area contributed by atoms with Gasteiger partial charge in [0.15, 0.2) is 11.5 Å². The molecule has 0 aliphatic carbocycles. The number of nitrogens with one attached hydrogen (secondary N) is 1. The summed E-state index contributed by atoms with van der Waals surface area (Å²) in [6.07, 6.45) is 0.822. The number of hydrogen-bond acceptors (Lipinski definition) is 6. The number of hydrogen-bond donors (Lipinski definition) is 2. The molecule has 0 fully saturated rings. The van der Waals surface area contributed by atoms with Crippen LogP contribution in [0, 0.1) is 0 Å². The molecule has 25 heavy (non-hydrogen) atoms. The van der Waals surface area contributed by atoms with E-state index in [2.05, 4.69) is 5.32 Å². The Hall–Kier alpha value is -2.77. The van der Waals surface area contributed by atoms with Gasteiger partial charge in [-0.2, -0.15) is 0 Å². The lowest BCUT2D eigenvalue weighted by molar-refractivity contribution is 0.0917. The molecule has 1 aliphatic heterocycles. The van der Waals surface area contributed by atoms with Gasteiger partial charge in [-0.1, -0.05) is 0 Å². The number of aliphatic hydroxyl groups is 1. The fraction of sp³-hybridized carbons (Fsp3) is 0.167. The van der Waals surface area contributed by atoms with E-state index >= 15 is 0 Å². The summed E-state index contributed by atoms with van der Waals surface area (Å²) in [5.41, 5.74) is 0.457. The molecule has 1 atom stereocenters. The first-order valence-corrected chi connectivity index (χ1v) is 8.52. The van der Waals surface area contributed by atoms with Crippen molar-refractivity contribution in [2.45, 2.75) is 6.10 Å². The Morgan fingerprint density at radius 2 is 2.08 bits per heavy atom. The molecule has 1 aliphatic rings. The normalized spacial score (nSPS) is 13.6. The lowest BCUT2D eigenvalue weighted by atomic mass is 10.2. The molecule has 128 valence electrons. The van der Waals surface area contributed by atoms with Gasteiger partial charge in [-0.3, -0.25) is 4.79 Å². The van der Waals surface area contributed by atoms with Crippen LogP contribution in [0.1, 0.15) is 21.3 Å². The summed E-state index contributed by atoms with van der Waals surface area (Å²) < 4.78 is 15.8. The van der Waals surface area contributed by atoms with Crippen LogP contribution in [0.5, 0.6) is 11.5 Å². The van der Waals surface area contributed by atoms with Crippen LogP contribution in [-0.4, -0.2) is 24.4 Å². The highest BCUT2D eigenvalue weighted by Gasteiger charge is 2.18. The molecule has 6 nitrogen and oxygen atoms in total. The molecule has 2 aromatic heterocycles. The lowest BCUT2D eigenvalue weighted by Gasteiger charge is -2.10. The number of amides is 1. The maximum Gasteiger partial charge on any atom is 0.251 e. The van der Waals surface area contributed by atoms with E-state index in [-0.39, 0.29) is 19.2 Å². The third kappa shape index (κ3) is 3.24. The van der Waals surface area contributed by atoms with Crippen LogP contribution in [0.15, 0.2) is 53.1 Å². The molecule has 1 aromatic carbocycles. The second-order valence-corrected chi connectivity index (χ2v) is 6.59. The maximum absolute atomic E-state index is 12.2. The SMILES string of the molecule is O=C(NCC(O)c1ccc(-c2ccco2)s1)c1ccc2c(c1)OCO2. The fourth-order valence-electron chi connectivity index (χ4n) is 2.51. The number of carbonyl (C=O) groups excluding carboxylic acids is 1. The van der Waals surface area contributed by atoms with Crippen LogP contribution in [0.2, 0.25) is 0 Å². The molecule has 1 unspecified atom stereocenters. The van der Waals surface area contributed by atoms with E-state index in [0.29, 0.717) is 17.1 Å². The lowest BCUT2D eigenvalue weighted by Crippen LogP contribution is -2.28. The van der Waals surface area contributed by atoms with Crippen molar-refractivity contribution in [3.63, 3.8) is 0 Å². The third-order valence-corrected chi connectivity index (χ3v) is 5.01. The largest absolute Gasteiger partial charge is 0.464 e. The minimum absolute atomic E-state index is 0.116. The summed E-state index contributed by atoms with van der Waals surface area (Å²) >= 11 is 1.43. The molecule has 3 aromatic rings. The van der Waals surface area contributed by atoms with Gasteiger partial charge in [0.1, 0.15) is 11.9 Å². The van der Waals surface area contributed by atoms with E-state index in [4.69, 9.17) is 13.9 Å². The van der Waals surface area contributed by atoms with E-state index in [1.165, 1.54) is 11.3 Å². The Labute approximate surface area is 147 Å². The Morgan fingerprint density at radius 1 is 1.20 bits per heavy atom. The first-order valence-electron chi connectivity index (χ1n) is 7.70. The van der Waals surface area contributed by atoms with Gasteiger partial charge in [0.05, 0.1) is 11.1 Å². The zero-order chi connectivity index (χ0) is 17.2. The van der Waals surface area contributed by atoms with E-state index in [1.807, 2.05) is 24.3 Å². The Bertz CT molecular complexity index is 887. The summed E-state index contributed by atoms with van der Waals surface area (Å²) in [5, 5.41) is 13.0. The van der Waals surface area contributed by atoms with Crippen molar-refractivity contribution in [3.8, 4) is 22.1 Å². The average Bonchev–Trinajstić information content (AvgIpc) is 3.38. The topological polar surface area (TPSA) is 80.9 Å². The molecule has 0 radical (unpaired) electrons. The number of aliphatic hydroxyl groups excluding tert-OH is 1. The van der Waals surface area contributed by atoms with Gasteiger partial charge in [-0.25, -0.2) is 0 Å². The average molecular weight is 357 g/mol. The van der Waals surface area contributed by atoms with Crippen molar-refractivity contribution in [2.24, 2.45) is 0 Å². The van der Waals surface area contributed by atoms with Crippen molar-refractivity contribution in [3.05, 3.63) is 59.2 Å². The first kappa shape index (κ1) is 15.7. The Morgan fingerprint density at radius 3 is 2.92 bits per heavy atom. The van der Waals surface area contributed by atoms with Crippen LogP contribution >= 0.6 is 11.3 Å². The molecule has 0 bridgehead atoms. The molecule has 4 rings (SSSR count). The molecule has 0 spiro atoms. The fourth-order valence-corrected chi connectivity index (χ4v) is 3.48. The van der Waals surface area contributed by atoms with Crippen molar-refractivity contribution in [1.29, 1.82) is 0 Å². The number of carbonyl (C=O) groups is 1. The van der Waals surface area contributed by atoms with Gasteiger partial charge in [0.25, 0.3) is 5.91 Å². The van der Waals surface area contributed by atoms with E-state index in [0.717, 1.165) is 15.5 Å². The van der Waals surface area contributed by atoms with Crippen molar-refractivity contribution >= 4 is 17.2 Å². The van der Waals surface area contributed by atoms with Crippen LogP contribution < -0.4 is 14.8 Å². The van der Waals surface area contributed by atoms with Gasteiger partial charge in [-0.05, 0) is 42.5 Å². The molecular formula is C18H15NO5S. The first-order chi connectivity index (χ1) is 12.2.